The van der Waals surface area contributed by atoms with Crippen molar-refractivity contribution < 1.29 is 4.39 Å². The van der Waals surface area contributed by atoms with Crippen LogP contribution in [0.1, 0.15) is 54.4 Å². The number of halogens is 1. The summed E-state index contributed by atoms with van der Waals surface area (Å²) in [5, 5.41) is 7.55. The maximum Gasteiger partial charge on any atom is 0.138 e. The molecule has 1 heterocycles. The minimum absolute atomic E-state index is 0.287. The number of nitrogens with zero attached hydrogens (tertiary/aromatic N) is 2. The van der Waals surface area contributed by atoms with Crippen LogP contribution in [0.2, 0.25) is 0 Å². The maximum absolute atomic E-state index is 15.3. The van der Waals surface area contributed by atoms with E-state index in [0.717, 1.165) is 46.3 Å². The van der Waals surface area contributed by atoms with E-state index in [1.807, 2.05) is 63.3 Å². The van der Waals surface area contributed by atoms with E-state index in [2.05, 4.69) is 68.5 Å². The molecule has 1 aromatic rings. The molecule has 6 heteroatoms. The van der Waals surface area contributed by atoms with E-state index in [0.29, 0.717) is 24.5 Å². The summed E-state index contributed by atoms with van der Waals surface area (Å²) >= 11 is 0. The van der Waals surface area contributed by atoms with E-state index < -0.39 is 0 Å². The summed E-state index contributed by atoms with van der Waals surface area (Å²) in [5.74, 6) is 1.11. The van der Waals surface area contributed by atoms with Gasteiger partial charge in [-0.25, -0.2) is 14.4 Å². The zero-order valence-corrected chi connectivity index (χ0v) is 25.0. The van der Waals surface area contributed by atoms with Crippen molar-refractivity contribution in [1.29, 1.82) is 0 Å². The summed E-state index contributed by atoms with van der Waals surface area (Å²) in [6.45, 7) is 16.7. The second-order valence-corrected chi connectivity index (χ2v) is 9.28. The molecule has 0 aliphatic carbocycles. The lowest BCUT2D eigenvalue weighted by atomic mass is 10.0. The van der Waals surface area contributed by atoms with E-state index in [1.165, 1.54) is 6.33 Å². The molecule has 4 nitrogen and oxygen atoms in total. The number of nitrogens with one attached hydrogen (secondary N) is 2. The van der Waals surface area contributed by atoms with Crippen molar-refractivity contribution in [3.8, 4) is 0 Å². The highest BCUT2D eigenvalue weighted by Gasteiger charge is 2.09. The predicted molar refractivity (Wildman–Crippen MR) is 170 cm³/mol. The highest BCUT2D eigenvalue weighted by Crippen LogP contribution is 2.21. The van der Waals surface area contributed by atoms with E-state index >= 15 is 4.39 Å². The van der Waals surface area contributed by atoms with E-state index in [4.69, 9.17) is 0 Å². The Bertz CT molecular complexity index is 1160. The molecule has 38 heavy (non-hydrogen) atoms. The summed E-state index contributed by atoms with van der Waals surface area (Å²) in [7, 11) is 2.71. The van der Waals surface area contributed by atoms with Gasteiger partial charge in [0.15, 0.2) is 0 Å². The quantitative estimate of drug-likeness (QED) is 0.175. The third kappa shape index (κ3) is 12.3. The van der Waals surface area contributed by atoms with Gasteiger partial charge in [0.25, 0.3) is 0 Å². The Kier molecular flexibility index (Phi) is 16.3. The molecule has 0 amide bonds. The fourth-order valence-electron chi connectivity index (χ4n) is 3.26. The lowest BCUT2D eigenvalue weighted by Crippen LogP contribution is -2.18. The maximum atomic E-state index is 15.3. The molecule has 204 valence electrons. The predicted octanol–water partition coefficient (Wildman–Crippen LogP) is 8.48. The van der Waals surface area contributed by atoms with Crippen LogP contribution in [-0.4, -0.2) is 23.1 Å². The Morgan fingerprint density at radius 3 is 2.11 bits per heavy atom. The summed E-state index contributed by atoms with van der Waals surface area (Å²) in [4.78, 5) is 8.80. The van der Waals surface area contributed by atoms with Gasteiger partial charge in [-0.3, -0.25) is 0 Å². The summed E-state index contributed by atoms with van der Waals surface area (Å²) in [6.07, 6.45) is 24.9. The Labute approximate surface area is 231 Å². The monoisotopic (exact) mass is 534 g/mol. The van der Waals surface area contributed by atoms with Crippen LogP contribution >= 0.6 is 9.24 Å². The third-order valence-electron chi connectivity index (χ3n) is 5.39. The average molecular weight is 535 g/mol. The van der Waals surface area contributed by atoms with Gasteiger partial charge < -0.3 is 10.6 Å². The minimum atomic E-state index is -0.287. The molecular formula is C32H44FN4P. The molecule has 1 unspecified atom stereocenters. The Hall–Kier alpha value is -3.30. The molecule has 0 aliphatic rings. The van der Waals surface area contributed by atoms with Gasteiger partial charge in [0.2, 0.25) is 0 Å². The summed E-state index contributed by atoms with van der Waals surface area (Å²) in [5.41, 5.74) is 4.18. The highest BCUT2D eigenvalue weighted by molar-refractivity contribution is 7.28. The number of rotatable bonds is 15. The van der Waals surface area contributed by atoms with E-state index in [9.17, 15) is 0 Å². The van der Waals surface area contributed by atoms with E-state index in [1.54, 1.807) is 13.0 Å². The molecule has 0 saturated carbocycles. The average Bonchev–Trinajstić information content (AvgIpc) is 2.90. The summed E-state index contributed by atoms with van der Waals surface area (Å²) in [6, 6.07) is 0. The largest absolute Gasteiger partial charge is 0.365 e. The van der Waals surface area contributed by atoms with Gasteiger partial charge in [0, 0.05) is 13.1 Å². The number of hydrogen-bond donors (Lipinski definition) is 2. The van der Waals surface area contributed by atoms with Gasteiger partial charge in [0.1, 0.15) is 23.8 Å². The zero-order chi connectivity index (χ0) is 28.3. The molecular weight excluding hydrogens is 490 g/mol. The van der Waals surface area contributed by atoms with Crippen LogP contribution in [0.25, 0.3) is 0 Å². The van der Waals surface area contributed by atoms with Crippen LogP contribution in [0.5, 0.6) is 0 Å². The zero-order valence-electron chi connectivity index (χ0n) is 23.8. The van der Waals surface area contributed by atoms with Gasteiger partial charge in [-0.05, 0) is 68.9 Å². The lowest BCUT2D eigenvalue weighted by Gasteiger charge is -2.14. The second-order valence-electron chi connectivity index (χ2n) is 8.70. The fraction of sp³-hybridized carbons (Fsp3) is 0.312. The van der Waals surface area contributed by atoms with Crippen LogP contribution in [0.4, 0.5) is 16.0 Å². The molecule has 0 aliphatic heterocycles. The van der Waals surface area contributed by atoms with Gasteiger partial charge in [-0.2, -0.15) is 0 Å². The molecule has 2 N–H and O–H groups in total. The van der Waals surface area contributed by atoms with Crippen molar-refractivity contribution in [2.45, 2.75) is 54.4 Å². The van der Waals surface area contributed by atoms with Crippen LogP contribution < -0.4 is 15.9 Å². The van der Waals surface area contributed by atoms with Crippen LogP contribution in [-0.2, 0) is 0 Å². The second kappa shape index (κ2) is 18.9. The van der Waals surface area contributed by atoms with Crippen LogP contribution in [0.3, 0.4) is 0 Å². The van der Waals surface area contributed by atoms with Crippen molar-refractivity contribution in [3.63, 3.8) is 0 Å². The molecule has 0 radical (unpaired) electrons. The topological polar surface area (TPSA) is 49.8 Å². The van der Waals surface area contributed by atoms with Crippen molar-refractivity contribution in [1.82, 2.24) is 9.97 Å². The fourth-order valence-corrected chi connectivity index (χ4v) is 3.62. The highest BCUT2D eigenvalue weighted by atomic mass is 31.0. The standard InChI is InChI=1S/C32H44FN4P/c1-8-12-14-15-18-26(11-4)21-34-31-30(38)32(37-23-36-31)35-22-27(17-13-9-2)20-29(33)25(7)28(16-10-3)19-24(5)6/h10-20,23H,5,8-9,21-22,38H2,1-4,6-7H3,(H2,34,35,36,37)/b14-12+,16-10-,17-13+,18-15-,26-11+,27-20+,28-19+,29-25-. The molecule has 0 spiro atoms. The number of anilines is 2. The molecule has 1 atom stereocenters. The van der Waals surface area contributed by atoms with Crippen LogP contribution in [0, 0.1) is 0 Å². The number of aromatic nitrogens is 2. The van der Waals surface area contributed by atoms with Crippen molar-refractivity contribution in [3.05, 3.63) is 113 Å². The smallest absolute Gasteiger partial charge is 0.138 e. The van der Waals surface area contributed by atoms with E-state index in [-0.39, 0.29) is 5.83 Å². The first kappa shape index (κ1) is 32.7. The first-order valence-electron chi connectivity index (χ1n) is 13.1. The molecule has 1 rings (SSSR count). The third-order valence-corrected chi connectivity index (χ3v) is 5.93. The Balaban J connectivity index is 3.12. The molecule has 0 fully saturated rings. The SMILES string of the molecule is C=C(C)/C=C(\C=C/C)C(/C)=C(F)/C=C(\C=C\CC)CNc1ncnc(NCC(/C=C\C=C\CC)=C/C)c1P. The van der Waals surface area contributed by atoms with Gasteiger partial charge >= 0.3 is 0 Å². The molecule has 1 aromatic heterocycles. The number of allylic oxidation sites excluding steroid dienone is 13. The Morgan fingerprint density at radius 2 is 1.55 bits per heavy atom. The van der Waals surface area contributed by atoms with Gasteiger partial charge in [-0.15, -0.1) is 0 Å². The van der Waals surface area contributed by atoms with Crippen molar-refractivity contribution in [2.24, 2.45) is 0 Å². The lowest BCUT2D eigenvalue weighted by molar-refractivity contribution is 0.655. The number of hydrogen-bond acceptors (Lipinski definition) is 4. The normalized spacial score (nSPS) is 14.3. The Morgan fingerprint density at radius 1 is 0.921 bits per heavy atom. The molecule has 0 bridgehead atoms. The van der Waals surface area contributed by atoms with Crippen molar-refractivity contribution in [2.75, 3.05) is 23.7 Å². The van der Waals surface area contributed by atoms with Crippen molar-refractivity contribution >= 4 is 26.2 Å². The first-order valence-corrected chi connectivity index (χ1v) is 13.6. The summed E-state index contributed by atoms with van der Waals surface area (Å²) < 4.78 is 15.3. The molecule has 0 aromatic carbocycles. The molecule has 0 saturated heterocycles. The first-order chi connectivity index (χ1) is 18.3. The van der Waals surface area contributed by atoms with Crippen LogP contribution in [0.15, 0.2) is 113 Å². The van der Waals surface area contributed by atoms with Gasteiger partial charge in [0.05, 0.1) is 5.30 Å². The minimum Gasteiger partial charge on any atom is -0.365 e. The van der Waals surface area contributed by atoms with Gasteiger partial charge in [-0.1, -0.05) is 96.0 Å².